The maximum Gasteiger partial charge on any atom is 0.279 e. The van der Waals surface area contributed by atoms with E-state index in [0.717, 1.165) is 0 Å². The smallest absolute Gasteiger partial charge is 0.279 e. The van der Waals surface area contributed by atoms with Crippen molar-refractivity contribution in [3.8, 4) is 0 Å². The summed E-state index contributed by atoms with van der Waals surface area (Å²) in [4.78, 5) is 0. The minimum Gasteiger partial charge on any atom is -0.385 e. The van der Waals surface area contributed by atoms with Crippen molar-refractivity contribution < 1.29 is 13.2 Å². The number of piperidine rings is 1. The van der Waals surface area contributed by atoms with Gasteiger partial charge in [0, 0.05) is 26.2 Å². The first-order valence-corrected chi connectivity index (χ1v) is 7.34. The van der Waals surface area contributed by atoms with Gasteiger partial charge in [-0.3, -0.25) is 5.41 Å². The van der Waals surface area contributed by atoms with E-state index in [2.05, 4.69) is 4.72 Å². The van der Waals surface area contributed by atoms with Gasteiger partial charge in [-0.2, -0.15) is 17.4 Å². The van der Waals surface area contributed by atoms with Crippen molar-refractivity contribution in [3.63, 3.8) is 0 Å². The number of nitrogens with zero attached hydrogens (tertiary/aromatic N) is 1. The Kier molecular flexibility index (Phi) is 4.71. The molecule has 106 valence electrons. The molecule has 1 heterocycles. The van der Waals surface area contributed by atoms with Crippen LogP contribution in [0, 0.1) is 5.41 Å². The number of hydrogen-bond donors (Lipinski definition) is 3. The summed E-state index contributed by atoms with van der Waals surface area (Å²) >= 11 is 0. The molecule has 0 radical (unpaired) electrons. The lowest BCUT2D eigenvalue weighted by atomic mass is 9.91. The second kappa shape index (κ2) is 5.52. The second-order valence-corrected chi connectivity index (χ2v) is 6.49. The molecule has 0 bridgehead atoms. The van der Waals surface area contributed by atoms with Gasteiger partial charge in [0.2, 0.25) is 0 Å². The van der Waals surface area contributed by atoms with E-state index < -0.39 is 15.8 Å². The molecule has 1 aliphatic heterocycles. The van der Waals surface area contributed by atoms with E-state index in [0.29, 0.717) is 25.9 Å². The molecule has 0 aliphatic carbocycles. The van der Waals surface area contributed by atoms with Crippen LogP contribution >= 0.6 is 0 Å². The van der Waals surface area contributed by atoms with Gasteiger partial charge in [-0.1, -0.05) is 0 Å². The number of nitrogens with one attached hydrogen (secondary N) is 2. The van der Waals surface area contributed by atoms with Crippen LogP contribution in [0.1, 0.15) is 26.7 Å². The molecule has 0 saturated carbocycles. The Labute approximate surface area is 108 Å². The van der Waals surface area contributed by atoms with Crippen molar-refractivity contribution >= 4 is 16.0 Å². The molecular weight excluding hydrogens is 256 g/mol. The van der Waals surface area contributed by atoms with Crippen molar-refractivity contribution in [1.29, 1.82) is 5.41 Å². The third-order valence-electron chi connectivity index (χ3n) is 3.14. The first kappa shape index (κ1) is 15.4. The van der Waals surface area contributed by atoms with Crippen LogP contribution in [0.3, 0.4) is 0 Å². The van der Waals surface area contributed by atoms with Crippen molar-refractivity contribution in [2.24, 2.45) is 5.73 Å². The average Bonchev–Trinajstić information content (AvgIpc) is 2.27. The number of methoxy groups -OCH3 is 1. The van der Waals surface area contributed by atoms with Gasteiger partial charge in [-0.15, -0.1) is 0 Å². The highest BCUT2D eigenvalue weighted by Crippen LogP contribution is 2.26. The molecule has 0 amide bonds. The predicted molar refractivity (Wildman–Crippen MR) is 69.7 cm³/mol. The van der Waals surface area contributed by atoms with E-state index in [4.69, 9.17) is 15.9 Å². The molecule has 0 unspecified atom stereocenters. The predicted octanol–water partition coefficient (Wildman–Crippen LogP) is -0.354. The van der Waals surface area contributed by atoms with Gasteiger partial charge in [0.25, 0.3) is 10.2 Å². The third kappa shape index (κ3) is 3.19. The maximum absolute atomic E-state index is 12.0. The van der Waals surface area contributed by atoms with Crippen LogP contribution in [-0.2, 0) is 14.9 Å². The van der Waals surface area contributed by atoms with E-state index in [9.17, 15) is 8.42 Å². The molecule has 1 fully saturated rings. The highest BCUT2D eigenvalue weighted by Gasteiger charge is 2.40. The van der Waals surface area contributed by atoms with Gasteiger partial charge in [-0.25, -0.2) is 0 Å². The van der Waals surface area contributed by atoms with Gasteiger partial charge in [0.1, 0.15) is 11.4 Å². The van der Waals surface area contributed by atoms with Gasteiger partial charge in [0.05, 0.1) is 0 Å². The van der Waals surface area contributed by atoms with Gasteiger partial charge >= 0.3 is 0 Å². The largest absolute Gasteiger partial charge is 0.385 e. The molecule has 1 aliphatic rings. The Morgan fingerprint density at radius 3 is 2.28 bits per heavy atom. The topological polar surface area (TPSA) is 109 Å². The number of nitrogens with two attached hydrogens (primary N) is 1. The Bertz CT molecular complexity index is 399. The summed E-state index contributed by atoms with van der Waals surface area (Å²) in [7, 11) is -1.95. The summed E-state index contributed by atoms with van der Waals surface area (Å²) in [6.45, 7) is 4.15. The molecule has 0 aromatic rings. The molecule has 0 aromatic carbocycles. The average molecular weight is 278 g/mol. The Morgan fingerprint density at radius 2 is 1.94 bits per heavy atom. The van der Waals surface area contributed by atoms with Crippen molar-refractivity contribution in [3.05, 3.63) is 0 Å². The first-order chi connectivity index (χ1) is 8.23. The van der Waals surface area contributed by atoms with Gasteiger partial charge in [0.15, 0.2) is 0 Å². The summed E-state index contributed by atoms with van der Waals surface area (Å²) in [5.41, 5.74) is 4.71. The summed E-state index contributed by atoms with van der Waals surface area (Å²) in [5, 5.41) is 7.54. The molecule has 0 atom stereocenters. The standard InChI is InChI=1S/C10H22N4O3S/c1-8(2)13-18(15,16)14-6-4-10(17-3,5-7-14)9(11)12/h8,13H,4-7H2,1-3H3,(H3,11,12). The fraction of sp³-hybridized carbons (Fsp3) is 0.900. The van der Waals surface area contributed by atoms with Crippen LogP contribution in [0.4, 0.5) is 0 Å². The highest BCUT2D eigenvalue weighted by molar-refractivity contribution is 7.87. The summed E-state index contributed by atoms with van der Waals surface area (Å²) in [6.07, 6.45) is 0.801. The molecule has 8 heteroatoms. The lowest BCUT2D eigenvalue weighted by Gasteiger charge is -2.39. The summed E-state index contributed by atoms with van der Waals surface area (Å²) < 4.78 is 33.1. The summed E-state index contributed by atoms with van der Waals surface area (Å²) in [5.74, 6) is -0.0427. The van der Waals surface area contributed by atoms with Crippen LogP contribution in [0.2, 0.25) is 0 Å². The number of amidine groups is 1. The molecule has 1 rings (SSSR count). The highest BCUT2D eigenvalue weighted by atomic mass is 32.2. The third-order valence-corrected chi connectivity index (χ3v) is 4.95. The van der Waals surface area contributed by atoms with Crippen LogP contribution in [-0.4, -0.2) is 50.4 Å². The molecule has 0 aromatic heterocycles. The van der Waals surface area contributed by atoms with Crippen molar-refractivity contribution in [1.82, 2.24) is 9.03 Å². The lowest BCUT2D eigenvalue weighted by molar-refractivity contribution is 0.00906. The zero-order valence-corrected chi connectivity index (χ0v) is 11.9. The monoisotopic (exact) mass is 278 g/mol. The fourth-order valence-electron chi connectivity index (χ4n) is 2.04. The maximum atomic E-state index is 12.0. The first-order valence-electron chi connectivity index (χ1n) is 5.90. The van der Waals surface area contributed by atoms with E-state index in [-0.39, 0.29) is 11.9 Å². The minimum atomic E-state index is -3.45. The lowest BCUT2D eigenvalue weighted by Crippen LogP contribution is -2.56. The zero-order chi connectivity index (χ0) is 14.0. The molecule has 1 saturated heterocycles. The second-order valence-electron chi connectivity index (χ2n) is 4.79. The van der Waals surface area contributed by atoms with Crippen LogP contribution < -0.4 is 10.5 Å². The van der Waals surface area contributed by atoms with Gasteiger partial charge in [-0.05, 0) is 26.7 Å². The van der Waals surface area contributed by atoms with Crippen molar-refractivity contribution in [2.45, 2.75) is 38.3 Å². The molecule has 7 nitrogen and oxygen atoms in total. The normalized spacial score (nSPS) is 21.1. The quantitative estimate of drug-likeness (QED) is 0.471. The minimum absolute atomic E-state index is 0.0427. The number of rotatable bonds is 5. The van der Waals surface area contributed by atoms with Crippen LogP contribution in [0.25, 0.3) is 0 Å². The van der Waals surface area contributed by atoms with E-state index >= 15 is 0 Å². The van der Waals surface area contributed by atoms with Gasteiger partial charge < -0.3 is 10.5 Å². The molecule has 4 N–H and O–H groups in total. The zero-order valence-electron chi connectivity index (χ0n) is 11.1. The number of ether oxygens (including phenoxy) is 1. The fourth-order valence-corrected chi connectivity index (χ4v) is 3.45. The van der Waals surface area contributed by atoms with Crippen LogP contribution in [0.15, 0.2) is 0 Å². The van der Waals surface area contributed by atoms with E-state index in [1.54, 1.807) is 13.8 Å². The summed E-state index contributed by atoms with van der Waals surface area (Å²) in [6, 6.07) is -0.142. The Hall–Kier alpha value is -0.700. The SMILES string of the molecule is COC1(C(=N)N)CCN(S(=O)(=O)NC(C)C)CC1. The Balaban J connectivity index is 2.72. The van der Waals surface area contributed by atoms with E-state index in [1.165, 1.54) is 11.4 Å². The molecule has 0 spiro atoms. The molecular formula is C10H22N4O3S. The number of hydrogen-bond acceptors (Lipinski definition) is 4. The van der Waals surface area contributed by atoms with Crippen molar-refractivity contribution in [2.75, 3.05) is 20.2 Å². The van der Waals surface area contributed by atoms with E-state index in [1.807, 2.05) is 0 Å². The molecule has 18 heavy (non-hydrogen) atoms. The van der Waals surface area contributed by atoms with Crippen LogP contribution in [0.5, 0.6) is 0 Å². The Morgan fingerprint density at radius 1 is 1.44 bits per heavy atom.